The van der Waals surface area contributed by atoms with Crippen LogP contribution in [0.5, 0.6) is 5.75 Å². The lowest BCUT2D eigenvalue weighted by Gasteiger charge is -2.50. The number of allylic oxidation sites excluding steroid dienone is 2. The Morgan fingerprint density at radius 1 is 1.00 bits per heavy atom. The molecule has 4 amide bonds. The van der Waals surface area contributed by atoms with Gasteiger partial charge in [0.2, 0.25) is 11.8 Å². The van der Waals surface area contributed by atoms with Gasteiger partial charge in [0.1, 0.15) is 5.75 Å². The number of carbonyl (C=O) groups is 5. The fourth-order valence-electron chi connectivity index (χ4n) is 6.93. The average molecular weight is 646 g/mol. The Kier molecular flexibility index (Phi) is 6.29. The summed E-state index contributed by atoms with van der Waals surface area (Å²) in [5.74, 6) is -5.78. The lowest BCUT2D eigenvalue weighted by atomic mass is 9.56. The van der Waals surface area contributed by atoms with Crippen LogP contribution in [0.2, 0.25) is 0 Å². The molecule has 4 aliphatic rings. The van der Waals surface area contributed by atoms with E-state index in [1.165, 1.54) is 13.0 Å². The summed E-state index contributed by atoms with van der Waals surface area (Å²) in [6, 6.07) is 12.6. The van der Waals surface area contributed by atoms with E-state index in [0.717, 1.165) is 9.80 Å². The first kappa shape index (κ1) is 27.2. The number of ketones is 1. The number of anilines is 1. The molecule has 6 rings (SSSR count). The molecule has 206 valence electrons. The number of phenolic OH excluding ortho intramolecular Hbond substituents is 1. The maximum atomic E-state index is 14.0. The predicted molar refractivity (Wildman–Crippen MR) is 150 cm³/mol. The third-order valence-electron chi connectivity index (χ3n) is 8.79. The molecule has 11 heteroatoms. The minimum atomic E-state index is -1.97. The third kappa shape index (κ3) is 3.40. The third-order valence-corrected chi connectivity index (χ3v) is 10.7. The minimum Gasteiger partial charge on any atom is -0.508 e. The van der Waals surface area contributed by atoms with Gasteiger partial charge in [-0.3, -0.25) is 33.8 Å². The standard InChI is InChI=1S/C29H23BrCl2N2O6/c1-14(35)15-6-8-16(9-7-15)34-24(37)19-11-10-17-20(22(19)25(34)38)12-28(31)26(39)33(13-30)27(40)29(28,32)23(17)18-4-2-3-5-21(18)36/h2-10,19-20,22-23,36H,11-13H2,1H3. The van der Waals surface area contributed by atoms with Crippen molar-refractivity contribution in [2.24, 2.45) is 17.8 Å². The molecule has 6 unspecified atom stereocenters. The highest BCUT2D eigenvalue weighted by atomic mass is 79.9. The SMILES string of the molecule is CC(=O)c1ccc(N2C(=O)C3CC=C4C(CC5(Cl)C(=O)N(CBr)C(=O)C5(Cl)C4c4ccccc4O)C3C2=O)cc1. The lowest BCUT2D eigenvalue weighted by Crippen LogP contribution is -2.60. The molecule has 2 aliphatic carbocycles. The van der Waals surface area contributed by atoms with E-state index in [2.05, 4.69) is 15.9 Å². The van der Waals surface area contributed by atoms with E-state index in [9.17, 15) is 29.1 Å². The number of hydrogen-bond donors (Lipinski definition) is 1. The summed E-state index contributed by atoms with van der Waals surface area (Å²) in [7, 11) is 0. The van der Waals surface area contributed by atoms with Gasteiger partial charge in [-0.1, -0.05) is 45.8 Å². The number of amides is 4. The van der Waals surface area contributed by atoms with E-state index in [0.29, 0.717) is 22.4 Å². The fraction of sp³-hybridized carbons (Fsp3) is 0.345. The Morgan fingerprint density at radius 2 is 1.68 bits per heavy atom. The quantitative estimate of drug-likeness (QED) is 0.172. The van der Waals surface area contributed by atoms with Crippen molar-refractivity contribution in [2.45, 2.75) is 35.4 Å². The number of halogens is 3. The van der Waals surface area contributed by atoms with Gasteiger partial charge in [-0.2, -0.15) is 0 Å². The van der Waals surface area contributed by atoms with Crippen LogP contribution >= 0.6 is 39.1 Å². The van der Waals surface area contributed by atoms with E-state index < -0.39 is 51.1 Å². The van der Waals surface area contributed by atoms with Crippen LogP contribution in [-0.2, 0) is 19.2 Å². The number of carbonyl (C=O) groups excluding carboxylic acids is 5. The molecule has 40 heavy (non-hydrogen) atoms. The summed E-state index contributed by atoms with van der Waals surface area (Å²) >= 11 is 17.5. The summed E-state index contributed by atoms with van der Waals surface area (Å²) in [5, 5.41) is 10.9. The molecule has 1 N–H and O–H groups in total. The number of Topliss-reactive ketones (excluding diaryl/α,β-unsaturated/α-hetero) is 1. The van der Waals surface area contributed by atoms with Gasteiger partial charge in [0, 0.05) is 17.0 Å². The Bertz CT molecular complexity index is 1540. The highest BCUT2D eigenvalue weighted by molar-refractivity contribution is 9.09. The maximum absolute atomic E-state index is 14.0. The number of aromatic hydroxyl groups is 1. The van der Waals surface area contributed by atoms with Gasteiger partial charge in [0.05, 0.1) is 23.0 Å². The summed E-state index contributed by atoms with van der Waals surface area (Å²) in [5.41, 5.74) is 1.57. The highest BCUT2D eigenvalue weighted by Gasteiger charge is 2.76. The van der Waals surface area contributed by atoms with Crippen molar-refractivity contribution in [2.75, 3.05) is 10.4 Å². The second kappa shape index (κ2) is 9.26. The van der Waals surface area contributed by atoms with Crippen molar-refractivity contribution in [1.82, 2.24) is 4.90 Å². The van der Waals surface area contributed by atoms with E-state index in [1.807, 2.05) is 6.08 Å². The fourth-order valence-corrected chi connectivity index (χ4v) is 8.35. The van der Waals surface area contributed by atoms with Crippen molar-refractivity contribution < 1.29 is 29.1 Å². The van der Waals surface area contributed by atoms with E-state index in [1.54, 1.807) is 42.5 Å². The van der Waals surface area contributed by atoms with Crippen LogP contribution in [-0.4, -0.2) is 54.6 Å². The van der Waals surface area contributed by atoms with E-state index in [4.69, 9.17) is 23.2 Å². The van der Waals surface area contributed by atoms with Crippen LogP contribution in [0.25, 0.3) is 0 Å². The number of fused-ring (bicyclic) bond motifs is 4. The molecule has 6 atom stereocenters. The van der Waals surface area contributed by atoms with Crippen LogP contribution in [0.15, 0.2) is 60.2 Å². The second-order valence-corrected chi connectivity index (χ2v) is 12.4. The Labute approximate surface area is 248 Å². The first-order valence-corrected chi connectivity index (χ1v) is 14.6. The molecule has 1 saturated carbocycles. The topological polar surface area (TPSA) is 112 Å². The summed E-state index contributed by atoms with van der Waals surface area (Å²) in [4.78, 5) is 64.9. The zero-order valence-electron chi connectivity index (χ0n) is 21.1. The number of rotatable bonds is 4. The summed E-state index contributed by atoms with van der Waals surface area (Å²) < 4.78 is 0. The highest BCUT2D eigenvalue weighted by Crippen LogP contribution is 2.66. The molecule has 0 radical (unpaired) electrons. The van der Waals surface area contributed by atoms with Crippen LogP contribution < -0.4 is 4.90 Å². The maximum Gasteiger partial charge on any atom is 0.254 e. The molecule has 2 aromatic carbocycles. The van der Waals surface area contributed by atoms with Crippen LogP contribution in [0.1, 0.15) is 41.6 Å². The number of benzene rings is 2. The number of alkyl halides is 3. The van der Waals surface area contributed by atoms with E-state index in [-0.39, 0.29) is 35.7 Å². The number of imide groups is 2. The first-order chi connectivity index (χ1) is 19.0. The average Bonchev–Trinajstić information content (AvgIpc) is 3.27. The van der Waals surface area contributed by atoms with Crippen LogP contribution in [0.4, 0.5) is 5.69 Å². The van der Waals surface area contributed by atoms with E-state index >= 15 is 0 Å². The number of nitrogens with zero attached hydrogens (tertiary/aromatic N) is 2. The number of likely N-dealkylation sites (tertiary alicyclic amines) is 1. The van der Waals surface area contributed by atoms with Gasteiger partial charge in [0.25, 0.3) is 11.8 Å². The molecule has 2 aliphatic heterocycles. The van der Waals surface area contributed by atoms with Crippen molar-refractivity contribution >= 4 is 74.2 Å². The van der Waals surface area contributed by atoms with Crippen molar-refractivity contribution in [3.63, 3.8) is 0 Å². The van der Waals surface area contributed by atoms with Gasteiger partial charge in [-0.25, -0.2) is 0 Å². The Hall–Kier alpha value is -3.01. The van der Waals surface area contributed by atoms with Crippen molar-refractivity contribution in [1.29, 1.82) is 0 Å². The number of para-hydroxylation sites is 1. The zero-order valence-corrected chi connectivity index (χ0v) is 24.2. The molecule has 0 spiro atoms. The smallest absolute Gasteiger partial charge is 0.254 e. The first-order valence-electron chi connectivity index (χ1n) is 12.7. The molecule has 0 bridgehead atoms. The molecular weight excluding hydrogens is 623 g/mol. The Balaban J connectivity index is 1.49. The normalized spacial score (nSPS) is 33.0. The molecule has 0 aromatic heterocycles. The molecule has 2 aromatic rings. The van der Waals surface area contributed by atoms with Gasteiger partial charge < -0.3 is 5.11 Å². The van der Waals surface area contributed by atoms with Gasteiger partial charge >= 0.3 is 0 Å². The van der Waals surface area contributed by atoms with Crippen LogP contribution in [0, 0.1) is 17.8 Å². The minimum absolute atomic E-state index is 0.127. The Morgan fingerprint density at radius 3 is 2.30 bits per heavy atom. The van der Waals surface area contributed by atoms with Crippen molar-refractivity contribution in [3.8, 4) is 5.75 Å². The molecule has 8 nitrogen and oxygen atoms in total. The number of phenols is 1. The summed E-state index contributed by atoms with van der Waals surface area (Å²) in [6.07, 6.45) is 1.88. The number of hydrogen-bond acceptors (Lipinski definition) is 6. The zero-order chi connectivity index (χ0) is 28.7. The largest absolute Gasteiger partial charge is 0.508 e. The monoisotopic (exact) mass is 644 g/mol. The van der Waals surface area contributed by atoms with Gasteiger partial charge in [-0.05, 0) is 56.0 Å². The molecule has 2 saturated heterocycles. The van der Waals surface area contributed by atoms with Crippen LogP contribution in [0.3, 0.4) is 0 Å². The van der Waals surface area contributed by atoms with Crippen molar-refractivity contribution in [3.05, 3.63) is 71.3 Å². The van der Waals surface area contributed by atoms with Gasteiger partial charge in [-0.15, -0.1) is 23.2 Å². The summed E-state index contributed by atoms with van der Waals surface area (Å²) in [6.45, 7) is 1.43. The molecule has 3 fully saturated rings. The lowest BCUT2D eigenvalue weighted by molar-refractivity contribution is -0.138. The molecule has 2 heterocycles. The molecular formula is C29H23BrCl2N2O6. The van der Waals surface area contributed by atoms with Gasteiger partial charge in [0.15, 0.2) is 15.5 Å². The predicted octanol–water partition coefficient (Wildman–Crippen LogP) is 4.51. The second-order valence-electron chi connectivity index (χ2n) is 10.7.